The summed E-state index contributed by atoms with van der Waals surface area (Å²) in [4.78, 5) is 0. The van der Waals surface area contributed by atoms with Gasteiger partial charge >= 0.3 is 0 Å². The van der Waals surface area contributed by atoms with E-state index in [2.05, 4.69) is 0 Å². The number of rotatable bonds is 3. The van der Waals surface area contributed by atoms with Gasteiger partial charge in [0.1, 0.15) is 0 Å². The van der Waals surface area contributed by atoms with Crippen molar-refractivity contribution in [3.05, 3.63) is 0 Å². The second kappa shape index (κ2) is 3.91. The van der Waals surface area contributed by atoms with E-state index in [0.29, 0.717) is 6.10 Å². The smallest absolute Gasteiger partial charge is 0.0577 e. The Morgan fingerprint density at radius 3 is 2.80 bits per heavy atom. The van der Waals surface area contributed by atoms with Gasteiger partial charge in [0.2, 0.25) is 0 Å². The first-order valence-electron chi connectivity index (χ1n) is 3.92. The lowest BCUT2D eigenvalue weighted by Gasteiger charge is -2.10. The van der Waals surface area contributed by atoms with Crippen molar-refractivity contribution in [1.29, 1.82) is 0 Å². The molecule has 1 rings (SSSR count). The Labute approximate surface area is 61.7 Å². The molecule has 0 amide bonds. The normalized spacial score (nSPS) is 26.1. The highest BCUT2D eigenvalue weighted by atomic mass is 16.5. The molecule has 0 radical (unpaired) electrons. The van der Waals surface area contributed by atoms with Gasteiger partial charge in [0.05, 0.1) is 12.3 Å². The first kappa shape index (κ1) is 7.98. The molecule has 0 bridgehead atoms. The molecule has 0 saturated carbocycles. The zero-order chi connectivity index (χ0) is 7.40. The molecule has 1 aliphatic rings. The molecule has 0 aromatic rings. The van der Waals surface area contributed by atoms with Gasteiger partial charge in [-0.2, -0.15) is 0 Å². The maximum atomic E-state index is 5.39. The molecular weight excluding hydrogens is 128 g/mol. The monoisotopic (exact) mass is 144 g/mol. The van der Waals surface area contributed by atoms with Crippen molar-refractivity contribution in [2.45, 2.75) is 38.0 Å². The van der Waals surface area contributed by atoms with Crippen LogP contribution in [0.2, 0.25) is 0 Å². The van der Waals surface area contributed by atoms with E-state index in [-0.39, 0.29) is 6.17 Å². The number of ether oxygens (including phenoxy) is 1. The van der Waals surface area contributed by atoms with Crippen LogP contribution in [0, 0.1) is 0 Å². The third-order valence-electron chi connectivity index (χ3n) is 1.85. The molecule has 60 valence electrons. The summed E-state index contributed by atoms with van der Waals surface area (Å²) in [7, 11) is 0. The van der Waals surface area contributed by atoms with Crippen LogP contribution in [0.1, 0.15) is 25.7 Å². The van der Waals surface area contributed by atoms with Crippen molar-refractivity contribution >= 4 is 0 Å². The van der Waals surface area contributed by atoms with Crippen molar-refractivity contribution < 1.29 is 4.74 Å². The predicted octanol–water partition coefficient (Wildman–Crippen LogP) is 0.189. The van der Waals surface area contributed by atoms with Crippen LogP contribution in [-0.2, 0) is 4.74 Å². The highest BCUT2D eigenvalue weighted by molar-refractivity contribution is 4.66. The van der Waals surface area contributed by atoms with Crippen LogP contribution in [0.3, 0.4) is 0 Å². The summed E-state index contributed by atoms with van der Waals surface area (Å²) in [6.45, 7) is 0.921. The summed E-state index contributed by atoms with van der Waals surface area (Å²) >= 11 is 0. The maximum Gasteiger partial charge on any atom is 0.0577 e. The van der Waals surface area contributed by atoms with Crippen LogP contribution in [0.4, 0.5) is 0 Å². The molecule has 3 nitrogen and oxygen atoms in total. The van der Waals surface area contributed by atoms with E-state index in [1.165, 1.54) is 12.8 Å². The molecule has 1 atom stereocenters. The van der Waals surface area contributed by atoms with Crippen LogP contribution < -0.4 is 11.5 Å². The van der Waals surface area contributed by atoms with Gasteiger partial charge in [-0.3, -0.25) is 0 Å². The van der Waals surface area contributed by atoms with E-state index in [9.17, 15) is 0 Å². The summed E-state index contributed by atoms with van der Waals surface area (Å²) in [5.41, 5.74) is 10.8. The highest BCUT2D eigenvalue weighted by Gasteiger charge is 2.15. The van der Waals surface area contributed by atoms with Crippen molar-refractivity contribution in [2.75, 3.05) is 6.61 Å². The van der Waals surface area contributed by atoms with Gasteiger partial charge in [0.15, 0.2) is 0 Å². The lowest BCUT2D eigenvalue weighted by molar-refractivity contribution is 0.101. The van der Waals surface area contributed by atoms with E-state index in [1.807, 2.05) is 0 Å². The minimum absolute atomic E-state index is 0.163. The summed E-state index contributed by atoms with van der Waals surface area (Å²) in [5, 5.41) is 0. The molecule has 0 spiro atoms. The molecule has 0 aliphatic carbocycles. The molecule has 1 unspecified atom stereocenters. The lowest BCUT2D eigenvalue weighted by atomic mass is 10.1. The minimum Gasteiger partial charge on any atom is -0.378 e. The van der Waals surface area contributed by atoms with Gasteiger partial charge in [0, 0.05) is 6.61 Å². The van der Waals surface area contributed by atoms with Gasteiger partial charge in [0.25, 0.3) is 0 Å². The Hall–Kier alpha value is -0.120. The molecule has 1 heterocycles. The third kappa shape index (κ3) is 2.64. The summed E-state index contributed by atoms with van der Waals surface area (Å²) in [5.74, 6) is 0. The van der Waals surface area contributed by atoms with Gasteiger partial charge in [-0.1, -0.05) is 0 Å². The molecule has 0 aromatic heterocycles. The molecule has 1 saturated heterocycles. The molecule has 1 aliphatic heterocycles. The van der Waals surface area contributed by atoms with E-state index < -0.39 is 0 Å². The fraction of sp³-hybridized carbons (Fsp3) is 1.00. The average molecular weight is 144 g/mol. The molecule has 3 heteroatoms. The Morgan fingerprint density at radius 1 is 1.50 bits per heavy atom. The number of hydrogen-bond acceptors (Lipinski definition) is 3. The van der Waals surface area contributed by atoms with Crippen LogP contribution in [-0.4, -0.2) is 18.9 Å². The van der Waals surface area contributed by atoms with E-state index in [4.69, 9.17) is 16.2 Å². The molecular formula is C7H16N2O. The Bertz CT molecular complexity index is 89.6. The zero-order valence-electron chi connectivity index (χ0n) is 6.25. The summed E-state index contributed by atoms with van der Waals surface area (Å²) in [6.07, 6.45) is 4.57. The topological polar surface area (TPSA) is 61.3 Å². The number of hydrogen-bond donors (Lipinski definition) is 2. The standard InChI is InChI=1S/C7H16N2O/c8-7(9)4-3-6-2-1-5-10-6/h6-7H,1-5,8-9H2. The Balaban J connectivity index is 2.01. The quantitative estimate of drug-likeness (QED) is 0.556. The minimum atomic E-state index is -0.163. The summed E-state index contributed by atoms with van der Waals surface area (Å²) < 4.78 is 5.39. The van der Waals surface area contributed by atoms with Gasteiger partial charge in [-0.05, 0) is 25.7 Å². The fourth-order valence-corrected chi connectivity index (χ4v) is 1.25. The van der Waals surface area contributed by atoms with E-state index in [1.54, 1.807) is 0 Å². The molecule has 0 aromatic carbocycles. The number of nitrogens with two attached hydrogens (primary N) is 2. The van der Waals surface area contributed by atoms with E-state index >= 15 is 0 Å². The van der Waals surface area contributed by atoms with Crippen molar-refractivity contribution in [3.8, 4) is 0 Å². The molecule has 4 N–H and O–H groups in total. The van der Waals surface area contributed by atoms with Crippen LogP contribution >= 0.6 is 0 Å². The largest absolute Gasteiger partial charge is 0.378 e. The molecule has 10 heavy (non-hydrogen) atoms. The highest BCUT2D eigenvalue weighted by Crippen LogP contribution is 2.16. The van der Waals surface area contributed by atoms with Gasteiger partial charge in [-0.25, -0.2) is 0 Å². The third-order valence-corrected chi connectivity index (χ3v) is 1.85. The van der Waals surface area contributed by atoms with Crippen LogP contribution in [0.25, 0.3) is 0 Å². The van der Waals surface area contributed by atoms with Crippen molar-refractivity contribution in [2.24, 2.45) is 11.5 Å². The maximum absolute atomic E-state index is 5.39. The second-order valence-electron chi connectivity index (χ2n) is 2.88. The first-order valence-corrected chi connectivity index (χ1v) is 3.92. The van der Waals surface area contributed by atoms with Crippen molar-refractivity contribution in [3.63, 3.8) is 0 Å². The Morgan fingerprint density at radius 2 is 2.30 bits per heavy atom. The van der Waals surface area contributed by atoms with E-state index in [0.717, 1.165) is 19.4 Å². The van der Waals surface area contributed by atoms with Crippen molar-refractivity contribution in [1.82, 2.24) is 0 Å². The van der Waals surface area contributed by atoms with Crippen LogP contribution in [0.15, 0.2) is 0 Å². The first-order chi connectivity index (χ1) is 4.79. The Kier molecular flexibility index (Phi) is 3.12. The lowest BCUT2D eigenvalue weighted by Crippen LogP contribution is -2.31. The second-order valence-corrected chi connectivity index (χ2v) is 2.88. The van der Waals surface area contributed by atoms with Crippen LogP contribution in [0.5, 0.6) is 0 Å². The predicted molar refractivity (Wildman–Crippen MR) is 40.4 cm³/mol. The zero-order valence-corrected chi connectivity index (χ0v) is 6.25. The molecule has 1 fully saturated rings. The van der Waals surface area contributed by atoms with Gasteiger partial charge < -0.3 is 16.2 Å². The summed E-state index contributed by atoms with van der Waals surface area (Å²) in [6, 6.07) is 0. The SMILES string of the molecule is NC(N)CCC1CCCO1. The average Bonchev–Trinajstić information content (AvgIpc) is 2.34. The van der Waals surface area contributed by atoms with Gasteiger partial charge in [-0.15, -0.1) is 0 Å². The fourth-order valence-electron chi connectivity index (χ4n) is 1.25.